The van der Waals surface area contributed by atoms with Gasteiger partial charge in [0.05, 0.1) is 19.6 Å². The number of rotatable bonds is 5. The minimum Gasteiger partial charge on any atom is -0.486 e. The van der Waals surface area contributed by atoms with E-state index in [1.54, 1.807) is 4.90 Å². The van der Waals surface area contributed by atoms with E-state index in [2.05, 4.69) is 12.2 Å². The Morgan fingerprint density at radius 3 is 2.75 bits per heavy atom. The summed E-state index contributed by atoms with van der Waals surface area (Å²) in [5.41, 5.74) is 6.08. The summed E-state index contributed by atoms with van der Waals surface area (Å²) in [6, 6.07) is 7.21. The molecule has 0 aliphatic carbocycles. The van der Waals surface area contributed by atoms with Crippen molar-refractivity contribution in [1.29, 1.82) is 0 Å². The summed E-state index contributed by atoms with van der Waals surface area (Å²) in [5, 5.41) is 2.28. The lowest BCUT2D eigenvalue weighted by atomic mass is 10.1. The number of nitrogens with two attached hydrogens (primary N) is 1. The lowest BCUT2D eigenvalue weighted by Crippen LogP contribution is -2.58. The SMILES string of the molecule is CCc1ccccc1OC1CN(C(=O)CNC(N)=O)C1. The molecule has 0 spiro atoms. The van der Waals surface area contributed by atoms with Crippen LogP contribution in [0.1, 0.15) is 12.5 Å². The molecule has 1 fully saturated rings. The van der Waals surface area contributed by atoms with E-state index in [4.69, 9.17) is 10.5 Å². The highest BCUT2D eigenvalue weighted by atomic mass is 16.5. The van der Waals surface area contributed by atoms with Gasteiger partial charge in [-0.25, -0.2) is 4.79 Å². The number of carbonyl (C=O) groups is 2. The number of carbonyl (C=O) groups excluding carboxylic acids is 2. The molecule has 1 heterocycles. The van der Waals surface area contributed by atoms with Crippen molar-refractivity contribution in [2.24, 2.45) is 5.73 Å². The van der Waals surface area contributed by atoms with Crippen LogP contribution in [0.3, 0.4) is 0 Å². The molecular formula is C14H19N3O3. The number of ether oxygens (including phenoxy) is 1. The second-order valence-corrected chi connectivity index (χ2v) is 4.72. The van der Waals surface area contributed by atoms with Crippen LogP contribution in [0.25, 0.3) is 0 Å². The molecule has 6 nitrogen and oxygen atoms in total. The molecule has 1 aliphatic rings. The van der Waals surface area contributed by atoms with Gasteiger partial charge in [0, 0.05) is 0 Å². The number of primary amides is 1. The van der Waals surface area contributed by atoms with Crippen LogP contribution in [-0.2, 0) is 11.2 Å². The zero-order chi connectivity index (χ0) is 14.5. The van der Waals surface area contributed by atoms with E-state index >= 15 is 0 Å². The van der Waals surface area contributed by atoms with Crippen LogP contribution in [0.2, 0.25) is 0 Å². The topological polar surface area (TPSA) is 84.7 Å². The molecule has 2 rings (SSSR count). The summed E-state index contributed by atoms with van der Waals surface area (Å²) < 4.78 is 5.87. The van der Waals surface area contributed by atoms with E-state index in [1.807, 2.05) is 24.3 Å². The molecule has 0 unspecified atom stereocenters. The van der Waals surface area contributed by atoms with E-state index in [0.29, 0.717) is 13.1 Å². The molecule has 1 aromatic rings. The van der Waals surface area contributed by atoms with Crippen LogP contribution < -0.4 is 15.8 Å². The number of urea groups is 1. The van der Waals surface area contributed by atoms with Crippen LogP contribution >= 0.6 is 0 Å². The summed E-state index contributed by atoms with van der Waals surface area (Å²) >= 11 is 0. The lowest BCUT2D eigenvalue weighted by molar-refractivity contribution is -0.138. The van der Waals surface area contributed by atoms with Gasteiger partial charge in [0.15, 0.2) is 0 Å². The van der Waals surface area contributed by atoms with Crippen molar-refractivity contribution >= 4 is 11.9 Å². The van der Waals surface area contributed by atoms with Crippen LogP contribution in [0, 0.1) is 0 Å². The number of likely N-dealkylation sites (tertiary alicyclic amines) is 1. The maximum absolute atomic E-state index is 11.7. The minimum absolute atomic E-state index is 0.0141. The molecular weight excluding hydrogens is 258 g/mol. The maximum atomic E-state index is 11.7. The van der Waals surface area contributed by atoms with Crippen molar-refractivity contribution in [1.82, 2.24) is 10.2 Å². The van der Waals surface area contributed by atoms with Gasteiger partial charge in [-0.05, 0) is 18.1 Å². The molecule has 3 amide bonds. The zero-order valence-corrected chi connectivity index (χ0v) is 11.5. The Bertz CT molecular complexity index is 498. The fourth-order valence-corrected chi connectivity index (χ4v) is 2.08. The van der Waals surface area contributed by atoms with Gasteiger partial charge in [0.25, 0.3) is 0 Å². The predicted octanol–water partition coefficient (Wildman–Crippen LogP) is 0.507. The Balaban J connectivity index is 1.79. The van der Waals surface area contributed by atoms with Gasteiger partial charge in [-0.2, -0.15) is 0 Å². The highest BCUT2D eigenvalue weighted by Gasteiger charge is 2.32. The molecule has 3 N–H and O–H groups in total. The molecule has 20 heavy (non-hydrogen) atoms. The second-order valence-electron chi connectivity index (χ2n) is 4.72. The van der Waals surface area contributed by atoms with Crippen LogP contribution in [-0.4, -0.2) is 42.6 Å². The number of nitrogens with zero attached hydrogens (tertiary/aromatic N) is 1. The maximum Gasteiger partial charge on any atom is 0.312 e. The van der Waals surface area contributed by atoms with Crippen LogP contribution in [0.15, 0.2) is 24.3 Å². The molecule has 108 valence electrons. The number of hydrogen-bond acceptors (Lipinski definition) is 3. The van der Waals surface area contributed by atoms with Gasteiger partial charge in [0.2, 0.25) is 5.91 Å². The largest absolute Gasteiger partial charge is 0.486 e. The first-order valence-corrected chi connectivity index (χ1v) is 6.65. The van der Waals surface area contributed by atoms with Crippen molar-refractivity contribution < 1.29 is 14.3 Å². The summed E-state index contributed by atoms with van der Waals surface area (Å²) in [4.78, 5) is 23.8. The van der Waals surface area contributed by atoms with Gasteiger partial charge in [0.1, 0.15) is 11.9 Å². The Hall–Kier alpha value is -2.24. The minimum atomic E-state index is -0.691. The summed E-state index contributed by atoms with van der Waals surface area (Å²) in [5.74, 6) is 0.731. The molecule has 0 aromatic heterocycles. The first kappa shape index (κ1) is 14.2. The summed E-state index contributed by atoms with van der Waals surface area (Å²) in [7, 11) is 0. The lowest BCUT2D eigenvalue weighted by Gasteiger charge is -2.39. The molecule has 1 saturated heterocycles. The normalized spacial score (nSPS) is 14.6. The zero-order valence-electron chi connectivity index (χ0n) is 11.5. The highest BCUT2D eigenvalue weighted by molar-refractivity contribution is 5.83. The molecule has 0 bridgehead atoms. The monoisotopic (exact) mass is 277 g/mol. The third-order valence-corrected chi connectivity index (χ3v) is 3.26. The summed E-state index contributed by atoms with van der Waals surface area (Å²) in [6.45, 7) is 3.09. The van der Waals surface area contributed by atoms with Crippen LogP contribution in [0.4, 0.5) is 4.79 Å². The smallest absolute Gasteiger partial charge is 0.312 e. The Labute approximate surface area is 117 Å². The second kappa shape index (κ2) is 6.27. The molecule has 1 aliphatic heterocycles. The number of para-hydroxylation sites is 1. The predicted molar refractivity (Wildman–Crippen MR) is 74.4 cm³/mol. The van der Waals surface area contributed by atoms with Crippen molar-refractivity contribution in [3.8, 4) is 5.75 Å². The number of benzene rings is 1. The third-order valence-electron chi connectivity index (χ3n) is 3.26. The third kappa shape index (κ3) is 3.40. The van der Waals surface area contributed by atoms with Gasteiger partial charge in [-0.3, -0.25) is 4.79 Å². The molecule has 6 heteroatoms. The molecule has 0 atom stereocenters. The van der Waals surface area contributed by atoms with Crippen molar-refractivity contribution in [2.45, 2.75) is 19.4 Å². The van der Waals surface area contributed by atoms with Gasteiger partial charge >= 0.3 is 6.03 Å². The molecule has 0 radical (unpaired) electrons. The van der Waals surface area contributed by atoms with Gasteiger partial charge in [-0.15, -0.1) is 0 Å². The van der Waals surface area contributed by atoms with E-state index in [-0.39, 0.29) is 18.6 Å². The van der Waals surface area contributed by atoms with Crippen molar-refractivity contribution in [2.75, 3.05) is 19.6 Å². The Morgan fingerprint density at radius 1 is 1.40 bits per heavy atom. The van der Waals surface area contributed by atoms with Crippen molar-refractivity contribution in [3.63, 3.8) is 0 Å². The standard InChI is InChI=1S/C14H19N3O3/c1-2-10-5-3-4-6-12(10)20-11-8-17(9-11)13(18)7-16-14(15)19/h3-6,11H,2,7-9H2,1H3,(H3,15,16,19). The van der Waals surface area contributed by atoms with Crippen molar-refractivity contribution in [3.05, 3.63) is 29.8 Å². The van der Waals surface area contributed by atoms with Gasteiger partial charge in [-0.1, -0.05) is 25.1 Å². The van der Waals surface area contributed by atoms with E-state index in [1.165, 1.54) is 0 Å². The number of nitrogens with one attached hydrogen (secondary N) is 1. The molecule has 0 saturated carbocycles. The molecule has 1 aromatic carbocycles. The quantitative estimate of drug-likeness (QED) is 0.822. The van der Waals surface area contributed by atoms with Crippen LogP contribution in [0.5, 0.6) is 5.75 Å². The Kier molecular flexibility index (Phi) is 4.45. The number of hydrogen-bond donors (Lipinski definition) is 2. The fraction of sp³-hybridized carbons (Fsp3) is 0.429. The van der Waals surface area contributed by atoms with E-state index < -0.39 is 6.03 Å². The highest BCUT2D eigenvalue weighted by Crippen LogP contribution is 2.22. The Morgan fingerprint density at radius 2 is 2.10 bits per heavy atom. The van der Waals surface area contributed by atoms with Gasteiger partial charge < -0.3 is 20.7 Å². The van der Waals surface area contributed by atoms with E-state index in [9.17, 15) is 9.59 Å². The average molecular weight is 277 g/mol. The van der Waals surface area contributed by atoms with E-state index in [0.717, 1.165) is 17.7 Å². The first-order valence-electron chi connectivity index (χ1n) is 6.65. The number of aryl methyl sites for hydroxylation is 1. The fourth-order valence-electron chi connectivity index (χ4n) is 2.08. The summed E-state index contributed by atoms with van der Waals surface area (Å²) in [6.07, 6.45) is 0.925. The first-order chi connectivity index (χ1) is 9.60. The number of amides is 3. The average Bonchev–Trinajstić information content (AvgIpc) is 2.40.